The maximum Gasteiger partial charge on any atom is 0.334 e. The Kier molecular flexibility index (Phi) is 4.06. The highest BCUT2D eigenvalue weighted by molar-refractivity contribution is 5.94. The van der Waals surface area contributed by atoms with Crippen LogP contribution in [0.1, 0.15) is 22.8 Å². The third-order valence-electron chi connectivity index (χ3n) is 3.92. The molecule has 1 aliphatic rings. The zero-order valence-corrected chi connectivity index (χ0v) is 13.3. The van der Waals surface area contributed by atoms with Crippen LogP contribution in [0.5, 0.6) is 0 Å². The first-order valence-corrected chi connectivity index (χ1v) is 7.52. The third kappa shape index (κ3) is 2.88. The lowest BCUT2D eigenvalue weighted by Crippen LogP contribution is -2.52. The van der Waals surface area contributed by atoms with Crippen molar-refractivity contribution >= 4 is 17.5 Å². The van der Waals surface area contributed by atoms with Gasteiger partial charge < -0.3 is 14.7 Å². The van der Waals surface area contributed by atoms with Crippen LogP contribution < -0.4 is 5.56 Å². The number of aromatic nitrogens is 2. The van der Waals surface area contributed by atoms with Crippen molar-refractivity contribution < 1.29 is 19.4 Å². The van der Waals surface area contributed by atoms with Crippen LogP contribution >= 0.6 is 0 Å². The molecule has 2 aromatic rings. The van der Waals surface area contributed by atoms with Crippen LogP contribution in [0.25, 0.3) is 5.65 Å². The third-order valence-corrected chi connectivity index (χ3v) is 3.92. The molecule has 1 aliphatic heterocycles. The van der Waals surface area contributed by atoms with Crippen molar-refractivity contribution in [1.82, 2.24) is 14.3 Å². The van der Waals surface area contributed by atoms with Crippen molar-refractivity contribution in [3.05, 3.63) is 46.0 Å². The number of aryl methyl sites for hydroxylation is 1. The van der Waals surface area contributed by atoms with E-state index in [9.17, 15) is 14.4 Å². The molecule has 2 atom stereocenters. The van der Waals surface area contributed by atoms with Gasteiger partial charge in [-0.05, 0) is 31.5 Å². The number of nitrogens with zero attached hydrogens (tertiary/aromatic N) is 3. The van der Waals surface area contributed by atoms with Crippen molar-refractivity contribution in [3.63, 3.8) is 0 Å². The Hall–Kier alpha value is -2.74. The molecule has 1 amide bonds. The summed E-state index contributed by atoms with van der Waals surface area (Å²) in [7, 11) is 0. The molecular weight excluding hydrogens is 314 g/mol. The molecule has 2 aromatic heterocycles. The van der Waals surface area contributed by atoms with Crippen LogP contribution in [0, 0.1) is 6.92 Å². The minimum absolute atomic E-state index is 0.0883. The molecular formula is C16H17N3O5. The Balaban J connectivity index is 1.96. The number of ether oxygens (including phenoxy) is 1. The van der Waals surface area contributed by atoms with E-state index in [2.05, 4.69) is 4.98 Å². The van der Waals surface area contributed by atoms with Gasteiger partial charge in [-0.1, -0.05) is 0 Å². The molecule has 1 N–H and O–H groups in total. The molecule has 126 valence electrons. The Morgan fingerprint density at radius 2 is 2.12 bits per heavy atom. The Morgan fingerprint density at radius 3 is 2.83 bits per heavy atom. The van der Waals surface area contributed by atoms with Crippen molar-refractivity contribution in [1.29, 1.82) is 0 Å². The lowest BCUT2D eigenvalue weighted by molar-refractivity contribution is -0.160. The minimum atomic E-state index is -1.14. The summed E-state index contributed by atoms with van der Waals surface area (Å²) in [5.41, 5.74) is 0.841. The Morgan fingerprint density at radius 1 is 1.38 bits per heavy atom. The molecule has 0 aromatic carbocycles. The second-order valence-electron chi connectivity index (χ2n) is 5.89. The Bertz CT molecular complexity index is 876. The smallest absolute Gasteiger partial charge is 0.334 e. The van der Waals surface area contributed by atoms with Gasteiger partial charge in [-0.25, -0.2) is 9.78 Å². The van der Waals surface area contributed by atoms with E-state index in [-0.39, 0.29) is 18.7 Å². The quantitative estimate of drug-likeness (QED) is 0.850. The predicted octanol–water partition coefficient (Wildman–Crippen LogP) is 0.317. The largest absolute Gasteiger partial charge is 0.479 e. The summed E-state index contributed by atoms with van der Waals surface area (Å²) in [6.45, 7) is 3.68. The SMILES string of the molecule is Cc1ccn2c(=O)c(C(=O)N3CC(C(=O)O)O[C@H](C)C3)cnc2c1. The Labute approximate surface area is 137 Å². The topological polar surface area (TPSA) is 101 Å². The van der Waals surface area contributed by atoms with E-state index in [1.54, 1.807) is 25.3 Å². The summed E-state index contributed by atoms with van der Waals surface area (Å²) in [6.07, 6.45) is 1.29. The van der Waals surface area contributed by atoms with Gasteiger partial charge in [-0.15, -0.1) is 0 Å². The van der Waals surface area contributed by atoms with Gasteiger partial charge in [0.15, 0.2) is 6.10 Å². The molecule has 8 nitrogen and oxygen atoms in total. The number of rotatable bonds is 2. The maximum atomic E-state index is 12.7. The van der Waals surface area contributed by atoms with Crippen molar-refractivity contribution in [2.45, 2.75) is 26.1 Å². The van der Waals surface area contributed by atoms with Crippen LogP contribution in [0.2, 0.25) is 0 Å². The van der Waals surface area contributed by atoms with E-state index in [1.807, 2.05) is 6.92 Å². The van der Waals surface area contributed by atoms with E-state index in [0.717, 1.165) is 5.56 Å². The number of carboxylic acid groups (broad SMARTS) is 1. The van der Waals surface area contributed by atoms with Gasteiger partial charge in [0.2, 0.25) is 0 Å². The standard InChI is InChI=1S/C16H17N3O5/c1-9-3-4-19-13(5-9)17-6-11(15(19)21)14(20)18-7-10(2)24-12(8-18)16(22)23/h3-6,10,12H,7-8H2,1-2H3,(H,22,23)/t10-,12?/m1/s1. The van der Waals surface area contributed by atoms with Gasteiger partial charge in [-0.3, -0.25) is 14.0 Å². The first kappa shape index (κ1) is 16.1. The molecule has 3 rings (SSSR count). The van der Waals surface area contributed by atoms with Gasteiger partial charge in [0.05, 0.1) is 12.6 Å². The van der Waals surface area contributed by atoms with Gasteiger partial charge in [0.25, 0.3) is 11.5 Å². The van der Waals surface area contributed by atoms with Crippen LogP contribution in [0.3, 0.4) is 0 Å². The van der Waals surface area contributed by atoms with Gasteiger partial charge in [0, 0.05) is 18.9 Å². The van der Waals surface area contributed by atoms with Gasteiger partial charge in [0.1, 0.15) is 11.2 Å². The average Bonchev–Trinajstić information content (AvgIpc) is 2.53. The molecule has 0 spiro atoms. The molecule has 8 heteroatoms. The second-order valence-corrected chi connectivity index (χ2v) is 5.89. The number of carboxylic acids is 1. The summed E-state index contributed by atoms with van der Waals surface area (Å²) >= 11 is 0. The summed E-state index contributed by atoms with van der Waals surface area (Å²) < 4.78 is 6.59. The van der Waals surface area contributed by atoms with Crippen molar-refractivity contribution in [3.8, 4) is 0 Å². The summed E-state index contributed by atoms with van der Waals surface area (Å²) in [5, 5.41) is 9.11. The van der Waals surface area contributed by atoms with Gasteiger partial charge in [-0.2, -0.15) is 0 Å². The fraction of sp³-hybridized carbons (Fsp3) is 0.375. The van der Waals surface area contributed by atoms with E-state index in [0.29, 0.717) is 5.65 Å². The normalized spacial score (nSPS) is 21.0. The lowest BCUT2D eigenvalue weighted by atomic mass is 10.2. The first-order valence-electron chi connectivity index (χ1n) is 7.52. The molecule has 0 bridgehead atoms. The highest BCUT2D eigenvalue weighted by atomic mass is 16.5. The van der Waals surface area contributed by atoms with Gasteiger partial charge >= 0.3 is 5.97 Å². The molecule has 1 fully saturated rings. The first-order chi connectivity index (χ1) is 11.4. The highest BCUT2D eigenvalue weighted by Crippen LogP contribution is 2.14. The van der Waals surface area contributed by atoms with Crippen LogP contribution in [0.15, 0.2) is 29.3 Å². The fourth-order valence-corrected chi connectivity index (χ4v) is 2.75. The molecule has 24 heavy (non-hydrogen) atoms. The number of aliphatic carboxylic acids is 1. The van der Waals surface area contributed by atoms with E-state index in [1.165, 1.54) is 15.5 Å². The molecule has 1 saturated heterocycles. The minimum Gasteiger partial charge on any atom is -0.479 e. The highest BCUT2D eigenvalue weighted by Gasteiger charge is 2.34. The summed E-state index contributed by atoms with van der Waals surface area (Å²) in [6, 6.07) is 3.49. The predicted molar refractivity (Wildman–Crippen MR) is 84.1 cm³/mol. The number of carbonyl (C=O) groups is 2. The number of amides is 1. The molecule has 1 unspecified atom stereocenters. The molecule has 0 aliphatic carbocycles. The van der Waals surface area contributed by atoms with Crippen LogP contribution in [-0.4, -0.2) is 56.6 Å². The van der Waals surface area contributed by atoms with E-state index in [4.69, 9.17) is 9.84 Å². The molecule has 0 saturated carbocycles. The van der Waals surface area contributed by atoms with E-state index < -0.39 is 29.6 Å². The second kappa shape index (κ2) is 6.04. The monoisotopic (exact) mass is 331 g/mol. The number of carbonyl (C=O) groups excluding carboxylic acids is 1. The maximum absolute atomic E-state index is 12.7. The average molecular weight is 331 g/mol. The number of hydrogen-bond acceptors (Lipinski definition) is 5. The summed E-state index contributed by atoms with van der Waals surface area (Å²) in [5.74, 6) is -1.67. The zero-order valence-electron chi connectivity index (χ0n) is 13.3. The molecule has 0 radical (unpaired) electrons. The van der Waals surface area contributed by atoms with Crippen LogP contribution in [0.4, 0.5) is 0 Å². The number of hydrogen-bond donors (Lipinski definition) is 1. The number of fused-ring (bicyclic) bond motifs is 1. The van der Waals surface area contributed by atoms with Crippen molar-refractivity contribution in [2.75, 3.05) is 13.1 Å². The summed E-state index contributed by atoms with van der Waals surface area (Å²) in [4.78, 5) is 41.8. The zero-order chi connectivity index (χ0) is 17.4. The van der Waals surface area contributed by atoms with Crippen molar-refractivity contribution in [2.24, 2.45) is 0 Å². The fourth-order valence-electron chi connectivity index (χ4n) is 2.75. The number of pyridine rings is 1. The molecule has 3 heterocycles. The lowest BCUT2D eigenvalue weighted by Gasteiger charge is -2.34. The van der Waals surface area contributed by atoms with E-state index >= 15 is 0 Å². The van der Waals surface area contributed by atoms with Crippen LogP contribution in [-0.2, 0) is 9.53 Å². The number of morpholine rings is 1.